The highest BCUT2D eigenvalue weighted by atomic mass is 35.5. The van der Waals surface area contributed by atoms with E-state index in [9.17, 15) is 13.2 Å². The molecule has 2 aliphatic heterocycles. The Morgan fingerprint density at radius 3 is 2.44 bits per heavy atom. The zero-order valence-corrected chi connectivity index (χ0v) is 21.4. The molecule has 1 N–H and O–H groups in total. The van der Waals surface area contributed by atoms with Gasteiger partial charge in [-0.2, -0.15) is 4.31 Å². The first-order valence-corrected chi connectivity index (χ1v) is 14.0. The van der Waals surface area contributed by atoms with Crippen molar-refractivity contribution in [3.05, 3.63) is 58.6 Å². The Balaban J connectivity index is 1.62. The summed E-state index contributed by atoms with van der Waals surface area (Å²) in [4.78, 5) is 13.3. The number of nitrogens with one attached hydrogen (secondary N) is 1. The molecule has 2 aliphatic rings. The summed E-state index contributed by atoms with van der Waals surface area (Å²) in [5.41, 5.74) is 0.855. The normalized spacial score (nSPS) is 20.6. The number of fused-ring (bicyclic) bond motifs is 1. The van der Waals surface area contributed by atoms with Crippen molar-refractivity contribution in [1.82, 2.24) is 9.62 Å². The number of amides is 1. The summed E-state index contributed by atoms with van der Waals surface area (Å²) < 4.78 is 34.5. The highest BCUT2D eigenvalue weighted by Gasteiger charge is 2.39. The van der Waals surface area contributed by atoms with Crippen molar-refractivity contribution in [2.24, 2.45) is 0 Å². The minimum atomic E-state index is -3.78. The third-order valence-electron chi connectivity index (χ3n) is 7.17. The lowest BCUT2D eigenvalue weighted by atomic mass is 9.83. The Morgan fingerprint density at radius 2 is 1.76 bits per heavy atom. The number of benzene rings is 2. The van der Waals surface area contributed by atoms with Crippen molar-refractivity contribution in [3.63, 3.8) is 0 Å². The van der Waals surface area contributed by atoms with E-state index in [1.807, 2.05) is 24.3 Å². The van der Waals surface area contributed by atoms with Crippen molar-refractivity contribution in [3.8, 4) is 5.75 Å². The molecule has 184 valence electrons. The number of sulfonamides is 1. The zero-order chi connectivity index (χ0) is 24.3. The molecular weight excluding hydrogens is 472 g/mol. The number of carbonyl (C=O) groups is 1. The van der Waals surface area contributed by atoms with Crippen molar-refractivity contribution in [2.45, 2.75) is 75.3 Å². The average Bonchev–Trinajstić information content (AvgIpc) is 3.14. The van der Waals surface area contributed by atoms with Crippen LogP contribution in [0.2, 0.25) is 5.02 Å². The van der Waals surface area contributed by atoms with Crippen LogP contribution in [-0.2, 0) is 10.0 Å². The van der Waals surface area contributed by atoms with Gasteiger partial charge in [0.05, 0.1) is 11.1 Å². The third kappa shape index (κ3) is 4.97. The molecule has 0 aliphatic carbocycles. The molecule has 0 unspecified atom stereocenters. The van der Waals surface area contributed by atoms with Crippen LogP contribution in [0.4, 0.5) is 0 Å². The summed E-state index contributed by atoms with van der Waals surface area (Å²) in [5, 5.41) is 3.26. The lowest BCUT2D eigenvalue weighted by Crippen LogP contribution is -2.44. The molecule has 0 spiro atoms. The lowest BCUT2D eigenvalue weighted by molar-refractivity contribution is 0.0227. The summed E-state index contributed by atoms with van der Waals surface area (Å²) in [6, 6.07) is 12.0. The predicted octanol–water partition coefficient (Wildman–Crippen LogP) is 5.72. The van der Waals surface area contributed by atoms with E-state index in [1.54, 1.807) is 6.07 Å². The number of hydrogen-bond donors (Lipinski definition) is 1. The van der Waals surface area contributed by atoms with Gasteiger partial charge < -0.3 is 10.1 Å². The van der Waals surface area contributed by atoms with Crippen molar-refractivity contribution < 1.29 is 17.9 Å². The molecule has 4 rings (SSSR count). The number of ether oxygens (including phenoxy) is 1. The fourth-order valence-electron chi connectivity index (χ4n) is 4.94. The number of rotatable bonds is 6. The Kier molecular flexibility index (Phi) is 7.55. The second-order valence-corrected chi connectivity index (χ2v) is 11.5. The second-order valence-electron chi connectivity index (χ2n) is 9.22. The zero-order valence-electron chi connectivity index (χ0n) is 19.8. The van der Waals surface area contributed by atoms with E-state index in [-0.39, 0.29) is 33.0 Å². The van der Waals surface area contributed by atoms with Gasteiger partial charge in [0, 0.05) is 30.6 Å². The molecule has 0 aromatic heterocycles. The maximum absolute atomic E-state index is 13.3. The smallest absolute Gasteiger partial charge is 0.251 e. The van der Waals surface area contributed by atoms with E-state index < -0.39 is 10.0 Å². The molecule has 0 bridgehead atoms. The number of carbonyl (C=O) groups excluding carboxylic acids is 1. The third-order valence-corrected chi connectivity index (χ3v) is 9.55. The molecule has 1 amide bonds. The summed E-state index contributed by atoms with van der Waals surface area (Å²) in [7, 11) is -3.78. The molecule has 0 radical (unpaired) electrons. The fourth-order valence-corrected chi connectivity index (χ4v) is 6.95. The molecule has 1 fully saturated rings. The maximum Gasteiger partial charge on any atom is 0.251 e. The topological polar surface area (TPSA) is 75.7 Å². The van der Waals surface area contributed by atoms with E-state index in [0.717, 1.165) is 49.8 Å². The molecule has 2 aromatic rings. The van der Waals surface area contributed by atoms with Gasteiger partial charge in [-0.1, -0.05) is 56.5 Å². The molecule has 1 atom stereocenters. The fraction of sp³-hybridized carbons (Fsp3) is 0.500. The first kappa shape index (κ1) is 25.0. The van der Waals surface area contributed by atoms with Gasteiger partial charge >= 0.3 is 0 Å². The highest BCUT2D eigenvalue weighted by molar-refractivity contribution is 7.89. The molecule has 1 saturated heterocycles. The summed E-state index contributed by atoms with van der Waals surface area (Å²) in [5.74, 6) is 0.454. The standard InChI is InChI=1S/C26H33ClN2O4S/c1-3-26(4-2)18-22(20-11-7-8-12-23(20)33-26)28-25(30)19-13-14-21(27)24(17-19)34(31,32)29-15-9-5-6-10-16-29/h7-8,11-14,17,22H,3-6,9-10,15-16,18H2,1-2H3,(H,28,30)/t22-/m0/s1. The average molecular weight is 505 g/mol. The first-order chi connectivity index (χ1) is 16.3. The van der Waals surface area contributed by atoms with Gasteiger partial charge in [0.15, 0.2) is 0 Å². The molecule has 34 heavy (non-hydrogen) atoms. The first-order valence-electron chi connectivity index (χ1n) is 12.2. The lowest BCUT2D eigenvalue weighted by Gasteiger charge is -2.41. The van der Waals surface area contributed by atoms with Gasteiger partial charge in [-0.05, 0) is 49.9 Å². The van der Waals surface area contributed by atoms with Gasteiger partial charge in [-0.15, -0.1) is 0 Å². The predicted molar refractivity (Wildman–Crippen MR) is 134 cm³/mol. The molecule has 6 nitrogen and oxygen atoms in total. The molecule has 2 aromatic carbocycles. The molecule has 2 heterocycles. The number of hydrogen-bond acceptors (Lipinski definition) is 4. The van der Waals surface area contributed by atoms with E-state index >= 15 is 0 Å². The maximum atomic E-state index is 13.3. The van der Waals surface area contributed by atoms with Crippen molar-refractivity contribution >= 4 is 27.5 Å². The van der Waals surface area contributed by atoms with Gasteiger partial charge in [0.25, 0.3) is 5.91 Å². The largest absolute Gasteiger partial charge is 0.487 e. The van der Waals surface area contributed by atoms with Crippen LogP contribution in [0, 0.1) is 0 Å². The second kappa shape index (κ2) is 10.3. The minimum absolute atomic E-state index is 0.00689. The van der Waals surface area contributed by atoms with Crippen molar-refractivity contribution in [1.29, 1.82) is 0 Å². The Bertz CT molecular complexity index is 1140. The van der Waals surface area contributed by atoms with E-state index in [1.165, 1.54) is 16.4 Å². The summed E-state index contributed by atoms with van der Waals surface area (Å²) in [6.45, 7) is 5.14. The van der Waals surface area contributed by atoms with E-state index in [2.05, 4.69) is 19.2 Å². The van der Waals surface area contributed by atoms with Crippen LogP contribution >= 0.6 is 11.6 Å². The SMILES string of the molecule is CCC1(CC)C[C@H](NC(=O)c2ccc(Cl)c(S(=O)(=O)N3CCCCCC3)c2)c2ccccc2O1. The molecule has 8 heteroatoms. The van der Waals surface area contributed by atoms with E-state index in [4.69, 9.17) is 16.3 Å². The van der Waals surface area contributed by atoms with Gasteiger partial charge in [-0.3, -0.25) is 4.79 Å². The Labute approximate surface area is 207 Å². The summed E-state index contributed by atoms with van der Waals surface area (Å²) in [6.07, 6.45) is 5.99. The van der Waals surface area contributed by atoms with E-state index in [0.29, 0.717) is 19.5 Å². The van der Waals surface area contributed by atoms with Crippen LogP contribution in [0.25, 0.3) is 0 Å². The molecule has 0 saturated carbocycles. The van der Waals surface area contributed by atoms with Crippen LogP contribution in [-0.4, -0.2) is 37.3 Å². The number of para-hydroxylation sites is 1. The van der Waals surface area contributed by atoms with Crippen LogP contribution in [0.5, 0.6) is 5.75 Å². The Hall–Kier alpha value is -2.09. The minimum Gasteiger partial charge on any atom is -0.487 e. The monoisotopic (exact) mass is 504 g/mol. The molecular formula is C26H33ClN2O4S. The highest BCUT2D eigenvalue weighted by Crippen LogP contribution is 2.42. The summed E-state index contributed by atoms with van der Waals surface area (Å²) >= 11 is 6.33. The number of nitrogens with zero attached hydrogens (tertiary/aromatic N) is 1. The quantitative estimate of drug-likeness (QED) is 0.546. The van der Waals surface area contributed by atoms with Crippen molar-refractivity contribution in [2.75, 3.05) is 13.1 Å². The number of halogens is 1. The van der Waals surface area contributed by atoms with Crippen LogP contribution in [0.1, 0.15) is 80.8 Å². The van der Waals surface area contributed by atoms with Crippen LogP contribution in [0.15, 0.2) is 47.4 Å². The van der Waals surface area contributed by atoms with Gasteiger partial charge in [0.2, 0.25) is 10.0 Å². The Morgan fingerprint density at radius 1 is 1.09 bits per heavy atom. The van der Waals surface area contributed by atoms with Crippen LogP contribution < -0.4 is 10.1 Å². The van der Waals surface area contributed by atoms with Crippen LogP contribution in [0.3, 0.4) is 0 Å². The van der Waals surface area contributed by atoms with Gasteiger partial charge in [-0.25, -0.2) is 8.42 Å². The van der Waals surface area contributed by atoms with Gasteiger partial charge in [0.1, 0.15) is 16.2 Å².